The first-order valence-electron chi connectivity index (χ1n) is 6.86. The fourth-order valence-corrected chi connectivity index (χ4v) is 3.27. The first kappa shape index (κ1) is 14.4. The molecule has 1 aromatic rings. The second-order valence-corrected chi connectivity index (χ2v) is 6.36. The summed E-state index contributed by atoms with van der Waals surface area (Å²) >= 11 is 3.51. The molecule has 0 radical (unpaired) electrons. The fourth-order valence-electron chi connectivity index (χ4n) is 2.89. The number of nitrogens with one attached hydrogen (secondary N) is 1. The minimum absolute atomic E-state index is 0.268. The van der Waals surface area contributed by atoms with E-state index >= 15 is 0 Å². The molecule has 0 aromatic heterocycles. The molecule has 0 spiro atoms. The number of halogens is 1. The molecule has 3 nitrogen and oxygen atoms in total. The summed E-state index contributed by atoms with van der Waals surface area (Å²) in [7, 11) is 0. The Hall–Kier alpha value is -1.03. The molecule has 0 heterocycles. The van der Waals surface area contributed by atoms with Crippen LogP contribution in [0, 0.1) is 5.92 Å². The van der Waals surface area contributed by atoms with Crippen LogP contribution in [0.1, 0.15) is 39.0 Å². The van der Waals surface area contributed by atoms with Crippen molar-refractivity contribution in [2.75, 3.05) is 5.32 Å². The highest BCUT2D eigenvalue weighted by molar-refractivity contribution is 9.10. The Bertz CT molecular complexity index is 457. The lowest BCUT2D eigenvalue weighted by Gasteiger charge is -2.39. The van der Waals surface area contributed by atoms with E-state index < -0.39 is 5.54 Å². The molecule has 0 saturated heterocycles. The van der Waals surface area contributed by atoms with Crippen LogP contribution in [0.3, 0.4) is 0 Å². The lowest BCUT2D eigenvalue weighted by atomic mass is 9.75. The van der Waals surface area contributed by atoms with E-state index in [-0.39, 0.29) is 5.91 Å². The van der Waals surface area contributed by atoms with E-state index in [4.69, 9.17) is 5.73 Å². The van der Waals surface area contributed by atoms with Crippen molar-refractivity contribution in [2.24, 2.45) is 11.7 Å². The molecule has 2 rings (SSSR count). The second-order valence-electron chi connectivity index (χ2n) is 5.51. The van der Waals surface area contributed by atoms with Gasteiger partial charge >= 0.3 is 0 Å². The highest BCUT2D eigenvalue weighted by atomic mass is 79.9. The summed E-state index contributed by atoms with van der Waals surface area (Å²) in [6.07, 6.45) is 5.77. The van der Waals surface area contributed by atoms with Crippen molar-refractivity contribution in [3.63, 3.8) is 0 Å². The predicted octanol–water partition coefficient (Wildman–Crippen LogP) is 3.69. The first-order valence-corrected chi connectivity index (χ1v) is 7.66. The summed E-state index contributed by atoms with van der Waals surface area (Å²) in [5, 5.41) is 3.37. The number of hydrogen-bond donors (Lipinski definition) is 2. The number of para-hydroxylation sites is 1. The molecule has 1 aromatic carbocycles. The number of hydrogen-bond acceptors (Lipinski definition) is 2. The number of carbonyl (C=O) groups is 1. The molecule has 0 aliphatic heterocycles. The Morgan fingerprint density at radius 2 is 1.95 bits per heavy atom. The summed E-state index contributed by atoms with van der Waals surface area (Å²) in [4.78, 5) is 12.0. The molecule has 1 fully saturated rings. The van der Waals surface area contributed by atoms with E-state index in [0.29, 0.717) is 5.92 Å². The van der Waals surface area contributed by atoms with Crippen molar-refractivity contribution in [2.45, 2.75) is 44.6 Å². The van der Waals surface area contributed by atoms with Crippen LogP contribution < -0.4 is 11.1 Å². The molecule has 1 saturated carbocycles. The van der Waals surface area contributed by atoms with Gasteiger partial charge < -0.3 is 11.1 Å². The largest absolute Gasteiger partial charge is 0.370 e. The Balaban J connectivity index is 2.24. The van der Waals surface area contributed by atoms with Crippen molar-refractivity contribution in [3.8, 4) is 0 Å². The van der Waals surface area contributed by atoms with Crippen LogP contribution >= 0.6 is 15.9 Å². The maximum absolute atomic E-state index is 12.0. The molecule has 104 valence electrons. The van der Waals surface area contributed by atoms with Crippen LogP contribution in [0.4, 0.5) is 5.69 Å². The van der Waals surface area contributed by atoms with Gasteiger partial charge in [-0.2, -0.15) is 0 Å². The zero-order valence-corrected chi connectivity index (χ0v) is 12.9. The zero-order valence-electron chi connectivity index (χ0n) is 11.3. The Kier molecular flexibility index (Phi) is 4.50. The van der Waals surface area contributed by atoms with Crippen molar-refractivity contribution in [1.29, 1.82) is 0 Å². The number of carbonyl (C=O) groups excluding carboxylic acids is 1. The number of amides is 1. The standard InChI is InChI=1S/C15H21BrN2O/c1-15(14(17)19,11-7-3-2-4-8-11)18-13-10-6-5-9-12(13)16/h5-6,9-11,18H,2-4,7-8H2,1H3,(H2,17,19). The summed E-state index contributed by atoms with van der Waals surface area (Å²) in [6, 6.07) is 7.84. The number of primary amides is 1. The van der Waals surface area contributed by atoms with Gasteiger partial charge in [-0.3, -0.25) is 4.79 Å². The van der Waals surface area contributed by atoms with Crippen LogP contribution in [0.2, 0.25) is 0 Å². The number of anilines is 1. The molecular formula is C15H21BrN2O. The fraction of sp³-hybridized carbons (Fsp3) is 0.533. The molecule has 3 N–H and O–H groups in total. The maximum atomic E-state index is 12.0. The lowest BCUT2D eigenvalue weighted by Crippen LogP contribution is -2.54. The van der Waals surface area contributed by atoms with Crippen molar-refractivity contribution >= 4 is 27.5 Å². The van der Waals surface area contributed by atoms with Gasteiger partial charge in [-0.1, -0.05) is 31.4 Å². The molecule has 1 aliphatic carbocycles. The smallest absolute Gasteiger partial charge is 0.243 e. The Morgan fingerprint density at radius 1 is 1.32 bits per heavy atom. The van der Waals surface area contributed by atoms with Crippen molar-refractivity contribution < 1.29 is 4.79 Å². The van der Waals surface area contributed by atoms with Gasteiger partial charge in [-0.25, -0.2) is 0 Å². The van der Waals surface area contributed by atoms with E-state index in [0.717, 1.165) is 23.0 Å². The van der Waals surface area contributed by atoms with Gasteiger partial charge in [0.2, 0.25) is 5.91 Å². The summed E-state index contributed by atoms with van der Waals surface area (Å²) < 4.78 is 0.957. The average molecular weight is 325 g/mol. The van der Waals surface area contributed by atoms with Gasteiger partial charge in [0, 0.05) is 10.2 Å². The predicted molar refractivity (Wildman–Crippen MR) is 81.9 cm³/mol. The number of nitrogens with two attached hydrogens (primary N) is 1. The number of rotatable bonds is 4. The quantitative estimate of drug-likeness (QED) is 0.887. The van der Waals surface area contributed by atoms with Crippen LogP contribution in [-0.4, -0.2) is 11.4 Å². The minimum Gasteiger partial charge on any atom is -0.370 e. The van der Waals surface area contributed by atoms with Crippen LogP contribution in [0.5, 0.6) is 0 Å². The third-order valence-electron chi connectivity index (χ3n) is 4.20. The van der Waals surface area contributed by atoms with E-state index in [1.807, 2.05) is 31.2 Å². The van der Waals surface area contributed by atoms with E-state index in [9.17, 15) is 4.79 Å². The van der Waals surface area contributed by atoms with Crippen molar-refractivity contribution in [3.05, 3.63) is 28.7 Å². The minimum atomic E-state index is -0.676. The van der Waals surface area contributed by atoms with Gasteiger partial charge in [0.25, 0.3) is 0 Å². The van der Waals surface area contributed by atoms with Crippen molar-refractivity contribution in [1.82, 2.24) is 0 Å². The second kappa shape index (κ2) is 5.95. The van der Waals surface area contributed by atoms with Crippen LogP contribution in [0.15, 0.2) is 28.7 Å². The Morgan fingerprint density at radius 3 is 2.53 bits per heavy atom. The molecule has 19 heavy (non-hydrogen) atoms. The van der Waals surface area contributed by atoms with Gasteiger partial charge in [-0.05, 0) is 53.7 Å². The SMILES string of the molecule is CC(Nc1ccccc1Br)(C(N)=O)C1CCCCC1. The normalized spacial score (nSPS) is 19.7. The van der Waals surface area contributed by atoms with Gasteiger partial charge in [-0.15, -0.1) is 0 Å². The molecule has 1 atom stereocenters. The van der Waals surface area contributed by atoms with E-state index in [2.05, 4.69) is 21.2 Å². The average Bonchev–Trinajstić information content (AvgIpc) is 2.42. The van der Waals surface area contributed by atoms with Crippen LogP contribution in [-0.2, 0) is 4.79 Å². The van der Waals surface area contributed by atoms with Crippen LogP contribution in [0.25, 0.3) is 0 Å². The van der Waals surface area contributed by atoms with E-state index in [1.165, 1.54) is 19.3 Å². The molecule has 0 bridgehead atoms. The monoisotopic (exact) mass is 324 g/mol. The highest BCUT2D eigenvalue weighted by Gasteiger charge is 2.40. The molecule has 1 unspecified atom stereocenters. The maximum Gasteiger partial charge on any atom is 0.243 e. The lowest BCUT2D eigenvalue weighted by molar-refractivity contribution is -0.123. The molecule has 4 heteroatoms. The first-order chi connectivity index (χ1) is 9.04. The van der Waals surface area contributed by atoms with Gasteiger partial charge in [0.05, 0.1) is 0 Å². The highest BCUT2D eigenvalue weighted by Crippen LogP contribution is 2.36. The van der Waals surface area contributed by atoms with Gasteiger partial charge in [0.1, 0.15) is 5.54 Å². The summed E-state index contributed by atoms with van der Waals surface area (Å²) in [5.74, 6) is 0.0426. The topological polar surface area (TPSA) is 55.1 Å². The Labute approximate surface area is 123 Å². The summed E-state index contributed by atoms with van der Waals surface area (Å²) in [5.41, 5.74) is 5.93. The zero-order chi connectivity index (χ0) is 13.9. The van der Waals surface area contributed by atoms with Gasteiger partial charge in [0.15, 0.2) is 0 Å². The third kappa shape index (κ3) is 3.11. The summed E-state index contributed by atoms with van der Waals surface area (Å²) in [6.45, 7) is 1.94. The molecule has 1 aliphatic rings. The number of benzene rings is 1. The third-order valence-corrected chi connectivity index (χ3v) is 4.89. The van der Waals surface area contributed by atoms with E-state index in [1.54, 1.807) is 0 Å². The molecular weight excluding hydrogens is 304 g/mol. The molecule has 1 amide bonds.